The molecule has 0 saturated heterocycles. The number of nitro groups is 1. The summed E-state index contributed by atoms with van der Waals surface area (Å²) in [5.41, 5.74) is 2.17. The number of non-ortho nitro benzene ring substituents is 1. The van der Waals surface area contributed by atoms with Crippen LogP contribution in [0.3, 0.4) is 0 Å². The topological polar surface area (TPSA) is 112 Å². The lowest BCUT2D eigenvalue weighted by Crippen LogP contribution is -2.28. The molecule has 0 aliphatic rings. The van der Waals surface area contributed by atoms with Crippen LogP contribution in [0, 0.1) is 10.1 Å². The molecule has 11 heteroatoms. The Labute approximate surface area is 220 Å². The van der Waals surface area contributed by atoms with Gasteiger partial charge in [0.05, 0.1) is 18.1 Å². The van der Waals surface area contributed by atoms with Crippen molar-refractivity contribution in [2.45, 2.75) is 23.9 Å². The molecular weight excluding hydrogens is 546 g/mol. The summed E-state index contributed by atoms with van der Waals surface area (Å²) in [5.74, 6) is 1.60. The maximum absolute atomic E-state index is 12.8. The highest BCUT2D eigenvalue weighted by Gasteiger charge is 2.22. The summed E-state index contributed by atoms with van der Waals surface area (Å²) in [6, 6.07) is 20.5. The Morgan fingerprint density at radius 1 is 1.14 bits per heavy atom. The second kappa shape index (κ2) is 11.4. The van der Waals surface area contributed by atoms with Gasteiger partial charge in [0, 0.05) is 33.6 Å². The van der Waals surface area contributed by atoms with Crippen molar-refractivity contribution in [2.75, 3.05) is 7.11 Å². The molecule has 36 heavy (non-hydrogen) atoms. The summed E-state index contributed by atoms with van der Waals surface area (Å²) in [6.45, 7) is 1.82. The highest BCUT2D eigenvalue weighted by Crippen LogP contribution is 2.29. The van der Waals surface area contributed by atoms with E-state index >= 15 is 0 Å². The van der Waals surface area contributed by atoms with Gasteiger partial charge in [0.15, 0.2) is 11.0 Å². The van der Waals surface area contributed by atoms with Gasteiger partial charge >= 0.3 is 0 Å². The number of benzene rings is 3. The van der Waals surface area contributed by atoms with E-state index in [0.717, 1.165) is 15.8 Å². The number of halogens is 1. The fraction of sp³-hybridized carbons (Fsp3) is 0.160. The lowest BCUT2D eigenvalue weighted by atomic mass is 10.2. The highest BCUT2D eigenvalue weighted by molar-refractivity contribution is 9.10. The van der Waals surface area contributed by atoms with Crippen molar-refractivity contribution in [3.8, 4) is 11.4 Å². The van der Waals surface area contributed by atoms with Gasteiger partial charge in [0.2, 0.25) is 0 Å². The van der Waals surface area contributed by atoms with Crippen LogP contribution in [0.2, 0.25) is 0 Å². The number of hydrogen-bond acceptors (Lipinski definition) is 7. The SMILES string of the molecule is COc1cccc(CSc2nnc(C(C)NC(=O)c3cccc(Br)c3)n2-c2ccc([N+](=O)[O-])cc2)c1. The second-order valence-corrected chi connectivity index (χ2v) is 9.65. The number of hydrogen-bond donors (Lipinski definition) is 1. The number of aromatic nitrogens is 3. The van der Waals surface area contributed by atoms with E-state index in [1.54, 1.807) is 42.0 Å². The summed E-state index contributed by atoms with van der Waals surface area (Å²) in [7, 11) is 1.62. The molecular formula is C25H22BrN5O4S. The first-order chi connectivity index (χ1) is 17.4. The predicted octanol–water partition coefficient (Wildman–Crippen LogP) is 5.73. The molecule has 1 heterocycles. The molecule has 3 aromatic carbocycles. The van der Waals surface area contributed by atoms with Crippen LogP contribution < -0.4 is 10.1 Å². The van der Waals surface area contributed by atoms with Gasteiger partial charge in [-0.3, -0.25) is 19.5 Å². The van der Waals surface area contributed by atoms with E-state index < -0.39 is 11.0 Å². The number of carbonyl (C=O) groups excluding carboxylic acids is 1. The van der Waals surface area contributed by atoms with Crippen molar-refractivity contribution in [1.29, 1.82) is 0 Å². The minimum Gasteiger partial charge on any atom is -0.497 e. The van der Waals surface area contributed by atoms with Crippen LogP contribution in [0.5, 0.6) is 5.75 Å². The van der Waals surface area contributed by atoms with Gasteiger partial charge in [0.1, 0.15) is 5.75 Å². The van der Waals surface area contributed by atoms with Gasteiger partial charge in [-0.1, -0.05) is 45.9 Å². The number of carbonyl (C=O) groups is 1. The van der Waals surface area contributed by atoms with E-state index in [4.69, 9.17) is 4.74 Å². The smallest absolute Gasteiger partial charge is 0.269 e. The van der Waals surface area contributed by atoms with Gasteiger partial charge < -0.3 is 10.1 Å². The van der Waals surface area contributed by atoms with Crippen molar-refractivity contribution < 1.29 is 14.5 Å². The van der Waals surface area contributed by atoms with Crippen LogP contribution in [-0.2, 0) is 5.75 Å². The first-order valence-electron chi connectivity index (χ1n) is 10.9. The molecule has 1 unspecified atom stereocenters. The van der Waals surface area contributed by atoms with Crippen LogP contribution >= 0.6 is 27.7 Å². The summed E-state index contributed by atoms with van der Waals surface area (Å²) >= 11 is 4.84. The molecule has 4 aromatic rings. The molecule has 0 aliphatic carbocycles. The highest BCUT2D eigenvalue weighted by atomic mass is 79.9. The van der Waals surface area contributed by atoms with Crippen molar-refractivity contribution >= 4 is 39.3 Å². The molecule has 0 aliphatic heterocycles. The summed E-state index contributed by atoms with van der Waals surface area (Å²) in [5, 5.41) is 23.4. The molecule has 0 radical (unpaired) electrons. The molecule has 4 rings (SSSR count). The van der Waals surface area contributed by atoms with Crippen LogP contribution in [-0.4, -0.2) is 32.7 Å². The van der Waals surface area contributed by atoms with Gasteiger partial charge in [-0.15, -0.1) is 10.2 Å². The maximum Gasteiger partial charge on any atom is 0.269 e. The molecule has 1 N–H and O–H groups in total. The number of methoxy groups -OCH3 is 1. The van der Waals surface area contributed by atoms with Gasteiger partial charge in [-0.25, -0.2) is 0 Å². The first-order valence-corrected chi connectivity index (χ1v) is 12.7. The van der Waals surface area contributed by atoms with Gasteiger partial charge in [-0.2, -0.15) is 0 Å². The summed E-state index contributed by atoms with van der Waals surface area (Å²) < 4.78 is 7.91. The molecule has 1 amide bonds. The minimum atomic E-state index is -0.495. The Bertz CT molecular complexity index is 1390. The Balaban J connectivity index is 1.64. The minimum absolute atomic E-state index is 0.0186. The fourth-order valence-electron chi connectivity index (χ4n) is 3.51. The zero-order valence-electron chi connectivity index (χ0n) is 19.4. The van der Waals surface area contributed by atoms with E-state index in [1.807, 2.05) is 37.3 Å². The third kappa shape index (κ3) is 5.92. The molecule has 9 nitrogen and oxygen atoms in total. The number of rotatable bonds is 9. The van der Waals surface area contributed by atoms with Crippen molar-refractivity contribution in [3.05, 3.63) is 104 Å². The predicted molar refractivity (Wildman–Crippen MR) is 141 cm³/mol. The number of nitrogens with one attached hydrogen (secondary N) is 1. The third-order valence-corrected chi connectivity index (χ3v) is 6.79. The molecule has 1 aromatic heterocycles. The van der Waals surface area contributed by atoms with Gasteiger partial charge in [0.25, 0.3) is 11.6 Å². The van der Waals surface area contributed by atoms with Crippen LogP contribution in [0.1, 0.15) is 34.7 Å². The monoisotopic (exact) mass is 567 g/mol. The van der Waals surface area contributed by atoms with Crippen molar-refractivity contribution in [1.82, 2.24) is 20.1 Å². The van der Waals surface area contributed by atoms with Crippen LogP contribution in [0.15, 0.2) is 82.4 Å². The molecule has 0 saturated carbocycles. The number of nitrogens with zero attached hydrogens (tertiary/aromatic N) is 4. The first kappa shape index (κ1) is 25.4. The van der Waals surface area contributed by atoms with Crippen molar-refractivity contribution in [3.63, 3.8) is 0 Å². The van der Waals surface area contributed by atoms with E-state index in [-0.39, 0.29) is 11.6 Å². The van der Waals surface area contributed by atoms with Crippen LogP contribution in [0.4, 0.5) is 5.69 Å². The maximum atomic E-state index is 12.8. The van der Waals surface area contributed by atoms with E-state index in [9.17, 15) is 14.9 Å². The average Bonchev–Trinajstić information content (AvgIpc) is 3.31. The standard InChI is InChI=1S/C25H22BrN5O4S/c1-16(27-24(32)18-6-4-7-19(26)14-18)23-28-29-25(36-15-17-5-3-8-22(13-17)35-2)30(23)20-9-11-21(12-10-20)31(33)34/h3-14,16H,15H2,1-2H3,(H,27,32). The zero-order valence-corrected chi connectivity index (χ0v) is 21.8. The Hall–Kier alpha value is -3.70. The zero-order chi connectivity index (χ0) is 25.7. The molecule has 0 bridgehead atoms. The summed E-state index contributed by atoms with van der Waals surface area (Å²) in [6.07, 6.45) is 0. The number of thioether (sulfide) groups is 1. The Kier molecular flexibility index (Phi) is 8.01. The Morgan fingerprint density at radius 3 is 2.58 bits per heavy atom. The largest absolute Gasteiger partial charge is 0.497 e. The number of ether oxygens (including phenoxy) is 1. The van der Waals surface area contributed by atoms with Gasteiger partial charge in [-0.05, 0) is 55.0 Å². The van der Waals surface area contributed by atoms with E-state index in [2.05, 4.69) is 31.4 Å². The molecule has 184 valence electrons. The van der Waals surface area contributed by atoms with E-state index in [0.29, 0.717) is 28.0 Å². The average molecular weight is 568 g/mol. The van der Waals surface area contributed by atoms with Crippen LogP contribution in [0.25, 0.3) is 5.69 Å². The number of amides is 1. The second-order valence-electron chi connectivity index (χ2n) is 7.80. The van der Waals surface area contributed by atoms with Crippen molar-refractivity contribution in [2.24, 2.45) is 0 Å². The lowest BCUT2D eigenvalue weighted by Gasteiger charge is -2.16. The lowest BCUT2D eigenvalue weighted by molar-refractivity contribution is -0.384. The summed E-state index contributed by atoms with van der Waals surface area (Å²) in [4.78, 5) is 23.5. The number of nitro benzene ring substituents is 1. The molecule has 0 fully saturated rings. The molecule has 0 spiro atoms. The third-order valence-electron chi connectivity index (χ3n) is 5.30. The molecule has 1 atom stereocenters. The fourth-order valence-corrected chi connectivity index (χ4v) is 4.81. The normalized spacial score (nSPS) is 11.6. The quantitative estimate of drug-likeness (QED) is 0.156. The Morgan fingerprint density at radius 2 is 1.89 bits per heavy atom. The van der Waals surface area contributed by atoms with E-state index in [1.165, 1.54) is 23.9 Å².